The minimum absolute atomic E-state index is 0.0773. The minimum Gasteiger partial charge on any atom is -0.346 e. The quantitative estimate of drug-likeness (QED) is 0.443. The molecule has 0 saturated carbocycles. The van der Waals surface area contributed by atoms with E-state index in [-0.39, 0.29) is 11.9 Å². The van der Waals surface area contributed by atoms with Crippen molar-refractivity contribution in [1.82, 2.24) is 15.1 Å². The molecule has 152 valence electrons. The van der Waals surface area contributed by atoms with E-state index in [1.165, 1.54) is 11.1 Å². The molecule has 3 aromatic carbocycles. The van der Waals surface area contributed by atoms with Crippen molar-refractivity contribution in [3.05, 3.63) is 99.7 Å². The van der Waals surface area contributed by atoms with Gasteiger partial charge in [-0.05, 0) is 67.3 Å². The van der Waals surface area contributed by atoms with Crippen LogP contribution < -0.4 is 5.32 Å². The number of rotatable bonds is 5. The van der Waals surface area contributed by atoms with Crippen LogP contribution in [0.5, 0.6) is 0 Å². The number of nitrogens with zero attached hydrogens (tertiary/aromatic N) is 2. The Morgan fingerprint density at radius 3 is 2.53 bits per heavy atom. The Bertz CT molecular complexity index is 1210. The van der Waals surface area contributed by atoms with E-state index in [2.05, 4.69) is 42.5 Å². The third-order valence-electron chi connectivity index (χ3n) is 5.53. The summed E-state index contributed by atoms with van der Waals surface area (Å²) in [5.74, 6) is -0.0955. The van der Waals surface area contributed by atoms with Gasteiger partial charge in [-0.3, -0.25) is 9.48 Å². The highest BCUT2D eigenvalue weighted by Crippen LogP contribution is 2.20. The molecule has 5 heteroatoms. The summed E-state index contributed by atoms with van der Waals surface area (Å²) in [6.45, 7) is 6.80. The number of hydrogen-bond donors (Lipinski definition) is 1. The van der Waals surface area contributed by atoms with Crippen LogP contribution >= 0.6 is 11.6 Å². The first-order chi connectivity index (χ1) is 14.4. The molecule has 1 N–H and O–H groups in total. The van der Waals surface area contributed by atoms with E-state index in [4.69, 9.17) is 11.6 Å². The van der Waals surface area contributed by atoms with Gasteiger partial charge in [0.05, 0.1) is 24.3 Å². The number of aryl methyl sites for hydroxylation is 2. The monoisotopic (exact) mass is 417 g/mol. The maximum Gasteiger partial charge on any atom is 0.251 e. The lowest BCUT2D eigenvalue weighted by Crippen LogP contribution is -2.26. The molecule has 0 aliphatic rings. The predicted octanol–water partition coefficient (Wildman–Crippen LogP) is 5.85. The average molecular weight is 418 g/mol. The molecule has 0 spiro atoms. The molecule has 0 bridgehead atoms. The van der Waals surface area contributed by atoms with Crippen molar-refractivity contribution in [2.75, 3.05) is 0 Å². The summed E-state index contributed by atoms with van der Waals surface area (Å²) in [5, 5.41) is 9.31. The maximum atomic E-state index is 12.9. The molecular formula is C25H24ClN3O. The molecule has 4 aromatic rings. The van der Waals surface area contributed by atoms with Crippen molar-refractivity contribution >= 4 is 28.4 Å². The van der Waals surface area contributed by atoms with Crippen LogP contribution in [0.25, 0.3) is 10.9 Å². The summed E-state index contributed by atoms with van der Waals surface area (Å²) >= 11 is 5.98. The molecule has 0 radical (unpaired) electrons. The van der Waals surface area contributed by atoms with Crippen molar-refractivity contribution in [1.29, 1.82) is 0 Å². The molecule has 1 atom stereocenters. The van der Waals surface area contributed by atoms with E-state index in [1.807, 2.05) is 60.3 Å². The Morgan fingerprint density at radius 2 is 1.80 bits per heavy atom. The zero-order valence-electron chi connectivity index (χ0n) is 17.3. The van der Waals surface area contributed by atoms with Crippen LogP contribution in [-0.4, -0.2) is 15.7 Å². The molecule has 1 amide bonds. The van der Waals surface area contributed by atoms with Gasteiger partial charge in [0, 0.05) is 16.0 Å². The number of aromatic nitrogens is 2. The molecule has 0 aliphatic carbocycles. The number of hydrogen-bond acceptors (Lipinski definition) is 2. The molecule has 1 heterocycles. The van der Waals surface area contributed by atoms with E-state index in [1.54, 1.807) is 0 Å². The number of amides is 1. The maximum absolute atomic E-state index is 12.9. The Morgan fingerprint density at radius 1 is 1.03 bits per heavy atom. The summed E-state index contributed by atoms with van der Waals surface area (Å²) in [6, 6.07) is 19.6. The lowest BCUT2D eigenvalue weighted by Gasteiger charge is -2.16. The second kappa shape index (κ2) is 8.33. The van der Waals surface area contributed by atoms with Gasteiger partial charge in [0.25, 0.3) is 5.91 Å². The van der Waals surface area contributed by atoms with Gasteiger partial charge in [0.15, 0.2) is 0 Å². The molecule has 1 unspecified atom stereocenters. The van der Waals surface area contributed by atoms with Crippen LogP contribution in [0.3, 0.4) is 0 Å². The fraction of sp³-hybridized carbons (Fsp3) is 0.200. The second-order valence-corrected chi connectivity index (χ2v) is 8.18. The summed E-state index contributed by atoms with van der Waals surface area (Å²) in [5.41, 5.74) is 6.22. The standard InChI is InChI=1S/C25H24ClN3O/c1-16-4-7-20(12-17(16)2)18(3)28-25(30)21-8-9-22-14-27-29(24(22)13-21)15-19-5-10-23(26)11-6-19/h4-14,18H,15H2,1-3H3,(H,28,30). The zero-order chi connectivity index (χ0) is 21.3. The third-order valence-corrected chi connectivity index (χ3v) is 5.78. The number of halogens is 1. The smallest absolute Gasteiger partial charge is 0.251 e. The summed E-state index contributed by atoms with van der Waals surface area (Å²) < 4.78 is 1.90. The molecule has 4 rings (SSSR count). The van der Waals surface area contributed by atoms with Crippen LogP contribution in [0.15, 0.2) is 66.9 Å². The van der Waals surface area contributed by atoms with Gasteiger partial charge in [0.2, 0.25) is 0 Å². The molecule has 0 fully saturated rings. The SMILES string of the molecule is Cc1ccc(C(C)NC(=O)c2ccc3cnn(Cc4ccc(Cl)cc4)c3c2)cc1C. The number of carbonyl (C=O) groups is 1. The summed E-state index contributed by atoms with van der Waals surface area (Å²) in [4.78, 5) is 12.9. The highest BCUT2D eigenvalue weighted by Gasteiger charge is 2.14. The van der Waals surface area contributed by atoms with Crippen molar-refractivity contribution in [2.45, 2.75) is 33.4 Å². The van der Waals surface area contributed by atoms with Crippen molar-refractivity contribution in [2.24, 2.45) is 0 Å². The van der Waals surface area contributed by atoms with Gasteiger partial charge in [-0.1, -0.05) is 48.0 Å². The van der Waals surface area contributed by atoms with E-state index in [0.717, 1.165) is 22.0 Å². The number of carbonyl (C=O) groups excluding carboxylic acids is 1. The van der Waals surface area contributed by atoms with Crippen LogP contribution in [-0.2, 0) is 6.54 Å². The average Bonchev–Trinajstić information content (AvgIpc) is 3.13. The number of nitrogens with one attached hydrogen (secondary N) is 1. The molecule has 4 nitrogen and oxygen atoms in total. The van der Waals surface area contributed by atoms with Crippen LogP contribution in [0.1, 0.15) is 45.6 Å². The lowest BCUT2D eigenvalue weighted by atomic mass is 10.0. The lowest BCUT2D eigenvalue weighted by molar-refractivity contribution is 0.0940. The number of fused-ring (bicyclic) bond motifs is 1. The Balaban J connectivity index is 1.55. The van der Waals surface area contributed by atoms with Gasteiger partial charge in [-0.25, -0.2) is 0 Å². The third kappa shape index (κ3) is 4.24. The van der Waals surface area contributed by atoms with Gasteiger partial charge in [0.1, 0.15) is 0 Å². The highest BCUT2D eigenvalue weighted by atomic mass is 35.5. The topological polar surface area (TPSA) is 46.9 Å². The molecular weight excluding hydrogens is 394 g/mol. The van der Waals surface area contributed by atoms with E-state index >= 15 is 0 Å². The van der Waals surface area contributed by atoms with Crippen LogP contribution in [0.2, 0.25) is 5.02 Å². The second-order valence-electron chi connectivity index (χ2n) is 7.74. The van der Waals surface area contributed by atoms with Crippen LogP contribution in [0, 0.1) is 13.8 Å². The Hall–Kier alpha value is -3.11. The van der Waals surface area contributed by atoms with Crippen molar-refractivity contribution in [3.8, 4) is 0 Å². The zero-order valence-corrected chi connectivity index (χ0v) is 18.1. The molecule has 1 aromatic heterocycles. The first kappa shape index (κ1) is 20.2. The Kier molecular flexibility index (Phi) is 5.60. The van der Waals surface area contributed by atoms with Crippen molar-refractivity contribution in [3.63, 3.8) is 0 Å². The first-order valence-electron chi connectivity index (χ1n) is 9.99. The van der Waals surface area contributed by atoms with Crippen molar-refractivity contribution < 1.29 is 4.79 Å². The molecule has 0 saturated heterocycles. The van der Waals surface area contributed by atoms with Gasteiger partial charge >= 0.3 is 0 Å². The molecule has 0 aliphatic heterocycles. The van der Waals surface area contributed by atoms with Gasteiger partial charge in [-0.2, -0.15) is 5.10 Å². The summed E-state index contributed by atoms with van der Waals surface area (Å²) in [7, 11) is 0. The van der Waals surface area contributed by atoms with E-state index < -0.39 is 0 Å². The molecule has 30 heavy (non-hydrogen) atoms. The first-order valence-corrected chi connectivity index (χ1v) is 10.4. The fourth-order valence-electron chi connectivity index (χ4n) is 3.50. The van der Waals surface area contributed by atoms with E-state index in [9.17, 15) is 4.79 Å². The number of benzene rings is 3. The highest BCUT2D eigenvalue weighted by molar-refractivity contribution is 6.30. The predicted molar refractivity (Wildman–Crippen MR) is 122 cm³/mol. The van der Waals surface area contributed by atoms with Crippen LogP contribution in [0.4, 0.5) is 0 Å². The van der Waals surface area contributed by atoms with Gasteiger partial charge in [-0.15, -0.1) is 0 Å². The minimum atomic E-state index is -0.0955. The summed E-state index contributed by atoms with van der Waals surface area (Å²) in [6.07, 6.45) is 1.82. The van der Waals surface area contributed by atoms with Gasteiger partial charge < -0.3 is 5.32 Å². The Labute approximate surface area is 181 Å². The largest absolute Gasteiger partial charge is 0.346 e. The fourth-order valence-corrected chi connectivity index (χ4v) is 3.62. The normalized spacial score (nSPS) is 12.1. The van der Waals surface area contributed by atoms with E-state index in [0.29, 0.717) is 17.1 Å².